The molecule has 136 valence electrons. The maximum Gasteiger partial charge on any atom is 0.270 e. The second-order valence-electron chi connectivity index (χ2n) is 5.85. The Kier molecular flexibility index (Phi) is 5.73. The largest absolute Gasteiger partial charge is 0.355 e. The van der Waals surface area contributed by atoms with E-state index in [9.17, 15) is 9.59 Å². The van der Waals surface area contributed by atoms with Gasteiger partial charge < -0.3 is 16.0 Å². The van der Waals surface area contributed by atoms with Crippen molar-refractivity contribution < 1.29 is 9.59 Å². The highest BCUT2D eigenvalue weighted by Gasteiger charge is 2.08. The Morgan fingerprint density at radius 2 is 1.59 bits per heavy atom. The number of rotatable bonds is 6. The Morgan fingerprint density at radius 1 is 0.889 bits per heavy atom. The predicted molar refractivity (Wildman–Crippen MR) is 104 cm³/mol. The first kappa shape index (κ1) is 18.1. The van der Waals surface area contributed by atoms with Crippen LogP contribution in [0.4, 0.5) is 17.1 Å². The lowest BCUT2D eigenvalue weighted by Gasteiger charge is -2.09. The van der Waals surface area contributed by atoms with Gasteiger partial charge in [0, 0.05) is 49.1 Å². The molecule has 0 fully saturated rings. The van der Waals surface area contributed by atoms with Crippen molar-refractivity contribution in [2.75, 3.05) is 10.6 Å². The second-order valence-corrected chi connectivity index (χ2v) is 5.85. The van der Waals surface area contributed by atoms with Crippen LogP contribution in [-0.4, -0.2) is 21.8 Å². The highest BCUT2D eigenvalue weighted by atomic mass is 16.2. The Balaban J connectivity index is 1.62. The van der Waals surface area contributed by atoms with Gasteiger partial charge in [-0.1, -0.05) is 0 Å². The lowest BCUT2D eigenvalue weighted by atomic mass is 10.2. The zero-order chi connectivity index (χ0) is 19.1. The normalized spacial score (nSPS) is 10.1. The van der Waals surface area contributed by atoms with Crippen molar-refractivity contribution in [2.24, 2.45) is 0 Å². The van der Waals surface area contributed by atoms with E-state index in [0.29, 0.717) is 12.2 Å². The van der Waals surface area contributed by atoms with Crippen molar-refractivity contribution in [3.8, 4) is 0 Å². The predicted octanol–water partition coefficient (Wildman–Crippen LogP) is 3.11. The van der Waals surface area contributed by atoms with Crippen molar-refractivity contribution in [1.29, 1.82) is 0 Å². The monoisotopic (exact) mass is 361 g/mol. The number of amides is 2. The molecular weight excluding hydrogens is 342 g/mol. The summed E-state index contributed by atoms with van der Waals surface area (Å²) in [5, 5.41) is 8.76. The van der Waals surface area contributed by atoms with E-state index in [4.69, 9.17) is 0 Å². The minimum Gasteiger partial charge on any atom is -0.355 e. The fourth-order valence-electron chi connectivity index (χ4n) is 2.41. The molecular formula is C20H19N5O2. The Labute approximate surface area is 156 Å². The number of benzene rings is 1. The number of anilines is 3. The zero-order valence-electron chi connectivity index (χ0n) is 14.8. The van der Waals surface area contributed by atoms with E-state index in [1.807, 2.05) is 24.3 Å². The number of nitrogens with zero attached hydrogens (tertiary/aromatic N) is 2. The van der Waals surface area contributed by atoms with Gasteiger partial charge >= 0.3 is 0 Å². The highest BCUT2D eigenvalue weighted by molar-refractivity contribution is 5.93. The van der Waals surface area contributed by atoms with Crippen LogP contribution >= 0.6 is 0 Å². The van der Waals surface area contributed by atoms with E-state index in [1.54, 1.807) is 42.9 Å². The number of pyridine rings is 2. The molecule has 0 radical (unpaired) electrons. The Bertz CT molecular complexity index is 927. The quantitative estimate of drug-likeness (QED) is 0.627. The summed E-state index contributed by atoms with van der Waals surface area (Å²) >= 11 is 0. The molecule has 3 N–H and O–H groups in total. The van der Waals surface area contributed by atoms with E-state index >= 15 is 0 Å². The van der Waals surface area contributed by atoms with Crippen LogP contribution in [0.2, 0.25) is 0 Å². The first-order valence-corrected chi connectivity index (χ1v) is 8.38. The third-order valence-corrected chi connectivity index (χ3v) is 3.69. The molecule has 7 nitrogen and oxygen atoms in total. The maximum atomic E-state index is 12.3. The molecule has 0 saturated carbocycles. The van der Waals surface area contributed by atoms with Gasteiger partial charge in [-0.3, -0.25) is 19.6 Å². The average Bonchev–Trinajstić information content (AvgIpc) is 2.68. The summed E-state index contributed by atoms with van der Waals surface area (Å²) < 4.78 is 0. The van der Waals surface area contributed by atoms with Gasteiger partial charge in [0.25, 0.3) is 5.91 Å². The van der Waals surface area contributed by atoms with E-state index in [2.05, 4.69) is 25.9 Å². The summed E-state index contributed by atoms with van der Waals surface area (Å²) in [5.41, 5.74) is 3.58. The second kappa shape index (κ2) is 8.57. The maximum absolute atomic E-state index is 12.3. The molecule has 0 unspecified atom stereocenters. The van der Waals surface area contributed by atoms with Gasteiger partial charge in [0.15, 0.2) is 0 Å². The number of carbonyl (C=O) groups excluding carboxylic acids is 2. The summed E-state index contributed by atoms with van der Waals surface area (Å²) in [6, 6.07) is 14.4. The van der Waals surface area contributed by atoms with Gasteiger partial charge in [-0.05, 0) is 54.1 Å². The third kappa shape index (κ3) is 5.37. The molecule has 0 aliphatic rings. The minimum absolute atomic E-state index is 0.118. The molecule has 0 atom stereocenters. The molecule has 0 bridgehead atoms. The lowest BCUT2D eigenvalue weighted by Crippen LogP contribution is -2.23. The molecule has 7 heteroatoms. The van der Waals surface area contributed by atoms with Gasteiger partial charge in [0.05, 0.1) is 0 Å². The highest BCUT2D eigenvalue weighted by Crippen LogP contribution is 2.19. The molecule has 3 aromatic rings. The molecule has 3 rings (SSSR count). The molecule has 0 aliphatic heterocycles. The van der Waals surface area contributed by atoms with Crippen molar-refractivity contribution in [1.82, 2.24) is 15.3 Å². The van der Waals surface area contributed by atoms with Crippen LogP contribution in [0.5, 0.6) is 0 Å². The van der Waals surface area contributed by atoms with Crippen LogP contribution in [0.25, 0.3) is 0 Å². The van der Waals surface area contributed by atoms with Gasteiger partial charge in [-0.15, -0.1) is 0 Å². The van der Waals surface area contributed by atoms with Crippen LogP contribution in [0.1, 0.15) is 23.0 Å². The van der Waals surface area contributed by atoms with Gasteiger partial charge in [0.2, 0.25) is 5.91 Å². The summed E-state index contributed by atoms with van der Waals surface area (Å²) in [4.78, 5) is 31.4. The first-order chi connectivity index (χ1) is 13.1. The zero-order valence-corrected chi connectivity index (χ0v) is 14.8. The number of aromatic nitrogens is 2. The molecule has 0 saturated heterocycles. The van der Waals surface area contributed by atoms with Crippen molar-refractivity contribution in [2.45, 2.75) is 13.5 Å². The number of hydrogen-bond acceptors (Lipinski definition) is 5. The summed E-state index contributed by atoms with van der Waals surface area (Å²) in [6.07, 6.45) is 4.94. The van der Waals surface area contributed by atoms with Crippen LogP contribution in [0.15, 0.2) is 67.1 Å². The van der Waals surface area contributed by atoms with E-state index in [-0.39, 0.29) is 11.8 Å². The van der Waals surface area contributed by atoms with Gasteiger partial charge in [-0.2, -0.15) is 0 Å². The molecule has 2 heterocycles. The van der Waals surface area contributed by atoms with Gasteiger partial charge in [0.1, 0.15) is 5.69 Å². The van der Waals surface area contributed by atoms with Crippen LogP contribution in [-0.2, 0) is 11.3 Å². The summed E-state index contributed by atoms with van der Waals surface area (Å²) in [5.74, 6) is -0.372. The van der Waals surface area contributed by atoms with Crippen LogP contribution in [0, 0.1) is 0 Å². The topological polar surface area (TPSA) is 96.0 Å². The van der Waals surface area contributed by atoms with E-state index < -0.39 is 0 Å². The third-order valence-electron chi connectivity index (χ3n) is 3.69. The fraction of sp³-hybridized carbons (Fsp3) is 0.100. The minimum atomic E-state index is -0.253. The molecule has 2 aromatic heterocycles. The van der Waals surface area contributed by atoms with Crippen molar-refractivity contribution in [3.05, 3.63) is 78.4 Å². The summed E-state index contributed by atoms with van der Waals surface area (Å²) in [7, 11) is 0. The van der Waals surface area contributed by atoms with Crippen molar-refractivity contribution >= 4 is 28.9 Å². The lowest BCUT2D eigenvalue weighted by molar-refractivity contribution is -0.114. The molecule has 27 heavy (non-hydrogen) atoms. The smallest absolute Gasteiger partial charge is 0.270 e. The number of hydrogen-bond donors (Lipinski definition) is 3. The Hall–Kier alpha value is -3.74. The SMILES string of the molecule is CC(=O)Nc1ccc(Nc2ccnc(C(=O)NCc3ccncc3)c2)cc1. The molecule has 1 aromatic carbocycles. The fourth-order valence-corrected chi connectivity index (χ4v) is 2.41. The molecule has 2 amide bonds. The molecule has 0 spiro atoms. The van der Waals surface area contributed by atoms with E-state index in [1.165, 1.54) is 6.92 Å². The number of carbonyl (C=O) groups is 2. The molecule has 0 aliphatic carbocycles. The van der Waals surface area contributed by atoms with Crippen LogP contribution < -0.4 is 16.0 Å². The first-order valence-electron chi connectivity index (χ1n) is 8.38. The number of nitrogens with one attached hydrogen (secondary N) is 3. The van der Waals surface area contributed by atoms with Gasteiger partial charge in [-0.25, -0.2) is 0 Å². The van der Waals surface area contributed by atoms with Crippen LogP contribution in [0.3, 0.4) is 0 Å². The standard InChI is InChI=1S/C20H19N5O2/c1-14(26)24-16-2-4-17(5-3-16)25-18-8-11-22-19(12-18)20(27)23-13-15-6-9-21-10-7-15/h2-12H,13H2,1H3,(H,22,25)(H,23,27)(H,24,26). The Morgan fingerprint density at radius 3 is 2.30 bits per heavy atom. The summed E-state index contributed by atoms with van der Waals surface area (Å²) in [6.45, 7) is 1.87. The van der Waals surface area contributed by atoms with E-state index in [0.717, 1.165) is 22.6 Å². The van der Waals surface area contributed by atoms with Crippen molar-refractivity contribution in [3.63, 3.8) is 0 Å². The average molecular weight is 361 g/mol.